The van der Waals surface area contributed by atoms with Gasteiger partial charge in [0.05, 0.1) is 22.3 Å². The number of benzene rings is 1. The predicted molar refractivity (Wildman–Crippen MR) is 102 cm³/mol. The molecule has 1 saturated carbocycles. The SMILES string of the molecule is O=C1CN(C(=O)C2CCC(NC(=O)c3ccc4ncsc4c3)CC2)CCN1. The lowest BCUT2D eigenvalue weighted by Gasteiger charge is -2.34. The molecule has 1 aliphatic carbocycles. The highest BCUT2D eigenvalue weighted by molar-refractivity contribution is 7.16. The molecule has 0 atom stereocenters. The van der Waals surface area contributed by atoms with Crippen LogP contribution in [-0.2, 0) is 9.59 Å². The quantitative estimate of drug-likeness (QED) is 0.837. The second-order valence-corrected chi connectivity index (χ2v) is 8.05. The lowest BCUT2D eigenvalue weighted by Crippen LogP contribution is -2.52. The van der Waals surface area contributed by atoms with Gasteiger partial charge in [-0.2, -0.15) is 0 Å². The molecular weight excluding hydrogens is 364 g/mol. The Balaban J connectivity index is 1.30. The van der Waals surface area contributed by atoms with Crippen molar-refractivity contribution in [3.8, 4) is 0 Å². The van der Waals surface area contributed by atoms with Crippen LogP contribution in [0.5, 0.6) is 0 Å². The van der Waals surface area contributed by atoms with Crippen molar-refractivity contribution in [1.82, 2.24) is 20.5 Å². The smallest absolute Gasteiger partial charge is 0.251 e. The zero-order chi connectivity index (χ0) is 18.8. The van der Waals surface area contributed by atoms with E-state index in [4.69, 9.17) is 0 Å². The number of thiazole rings is 1. The van der Waals surface area contributed by atoms with Crippen molar-refractivity contribution >= 4 is 39.3 Å². The van der Waals surface area contributed by atoms with Gasteiger partial charge in [0.2, 0.25) is 11.8 Å². The minimum atomic E-state index is -0.0894. The van der Waals surface area contributed by atoms with E-state index in [-0.39, 0.29) is 36.2 Å². The van der Waals surface area contributed by atoms with Gasteiger partial charge < -0.3 is 15.5 Å². The number of piperazine rings is 1. The van der Waals surface area contributed by atoms with Crippen LogP contribution in [-0.4, -0.2) is 53.3 Å². The predicted octanol–water partition coefficient (Wildman–Crippen LogP) is 1.54. The Kier molecular flexibility index (Phi) is 5.07. The Morgan fingerprint density at radius 1 is 1.22 bits per heavy atom. The normalized spacial score (nSPS) is 23.1. The molecule has 0 spiro atoms. The van der Waals surface area contributed by atoms with Gasteiger partial charge in [-0.1, -0.05) is 0 Å². The fourth-order valence-electron chi connectivity index (χ4n) is 3.83. The first kappa shape index (κ1) is 17.9. The second kappa shape index (κ2) is 7.64. The van der Waals surface area contributed by atoms with Crippen LogP contribution in [0.25, 0.3) is 10.2 Å². The van der Waals surface area contributed by atoms with Crippen molar-refractivity contribution in [1.29, 1.82) is 0 Å². The minimum Gasteiger partial charge on any atom is -0.353 e. The highest BCUT2D eigenvalue weighted by atomic mass is 32.1. The zero-order valence-corrected chi connectivity index (χ0v) is 15.8. The van der Waals surface area contributed by atoms with E-state index in [9.17, 15) is 14.4 Å². The maximum atomic E-state index is 12.6. The molecule has 3 amide bonds. The molecule has 1 aromatic carbocycles. The van der Waals surface area contributed by atoms with Crippen molar-refractivity contribution in [2.75, 3.05) is 19.6 Å². The van der Waals surface area contributed by atoms with Gasteiger partial charge >= 0.3 is 0 Å². The number of aromatic nitrogens is 1. The molecule has 1 aromatic heterocycles. The first-order valence-electron chi connectivity index (χ1n) is 9.30. The van der Waals surface area contributed by atoms with Gasteiger partial charge in [-0.3, -0.25) is 14.4 Å². The molecule has 27 heavy (non-hydrogen) atoms. The molecule has 2 N–H and O–H groups in total. The van der Waals surface area contributed by atoms with E-state index in [0.717, 1.165) is 35.9 Å². The number of amides is 3. The summed E-state index contributed by atoms with van der Waals surface area (Å²) < 4.78 is 1.00. The summed E-state index contributed by atoms with van der Waals surface area (Å²) in [5, 5.41) is 5.83. The molecular formula is C19H22N4O3S. The Bertz CT molecular complexity index is 873. The van der Waals surface area contributed by atoms with Gasteiger partial charge in [0.1, 0.15) is 0 Å². The largest absolute Gasteiger partial charge is 0.353 e. The van der Waals surface area contributed by atoms with Gasteiger partial charge in [0.25, 0.3) is 5.91 Å². The first-order valence-corrected chi connectivity index (χ1v) is 10.2. The third-order valence-electron chi connectivity index (χ3n) is 5.36. The molecule has 0 radical (unpaired) electrons. The second-order valence-electron chi connectivity index (χ2n) is 7.17. The third kappa shape index (κ3) is 3.95. The number of nitrogens with zero attached hydrogens (tertiary/aromatic N) is 2. The van der Waals surface area contributed by atoms with Crippen LogP contribution in [0.2, 0.25) is 0 Å². The summed E-state index contributed by atoms with van der Waals surface area (Å²) in [5.41, 5.74) is 3.32. The summed E-state index contributed by atoms with van der Waals surface area (Å²) in [7, 11) is 0. The number of rotatable bonds is 3. The summed E-state index contributed by atoms with van der Waals surface area (Å²) in [5.74, 6) is -0.135. The monoisotopic (exact) mass is 386 g/mol. The van der Waals surface area contributed by atoms with Crippen LogP contribution in [0, 0.1) is 5.92 Å². The Hall–Kier alpha value is -2.48. The average molecular weight is 386 g/mol. The van der Waals surface area contributed by atoms with Crippen LogP contribution in [0.15, 0.2) is 23.7 Å². The molecule has 2 fully saturated rings. The molecule has 8 heteroatoms. The molecule has 2 aromatic rings. The molecule has 0 unspecified atom stereocenters. The van der Waals surface area contributed by atoms with E-state index < -0.39 is 0 Å². The van der Waals surface area contributed by atoms with E-state index in [2.05, 4.69) is 15.6 Å². The number of carbonyl (C=O) groups excluding carboxylic acids is 3. The van der Waals surface area contributed by atoms with Crippen LogP contribution >= 0.6 is 11.3 Å². The van der Waals surface area contributed by atoms with Crippen LogP contribution < -0.4 is 10.6 Å². The van der Waals surface area contributed by atoms with Crippen molar-refractivity contribution in [2.24, 2.45) is 5.92 Å². The van der Waals surface area contributed by atoms with Gasteiger partial charge in [-0.15, -0.1) is 11.3 Å². The third-order valence-corrected chi connectivity index (χ3v) is 6.15. The average Bonchev–Trinajstić information content (AvgIpc) is 3.16. The number of carbonyl (C=O) groups is 3. The zero-order valence-electron chi connectivity index (χ0n) is 14.9. The Morgan fingerprint density at radius 3 is 2.81 bits per heavy atom. The Morgan fingerprint density at radius 2 is 2.04 bits per heavy atom. The van der Waals surface area contributed by atoms with E-state index in [1.54, 1.807) is 16.5 Å². The van der Waals surface area contributed by atoms with E-state index in [0.29, 0.717) is 18.7 Å². The van der Waals surface area contributed by atoms with Crippen molar-refractivity contribution < 1.29 is 14.4 Å². The first-order chi connectivity index (χ1) is 13.1. The van der Waals surface area contributed by atoms with Crippen LogP contribution in [0.4, 0.5) is 0 Å². The van der Waals surface area contributed by atoms with Gasteiger partial charge in [0.15, 0.2) is 0 Å². The standard InChI is InChI=1S/C19H22N4O3S/c24-17-10-23(8-7-20-17)19(26)12-1-4-14(5-2-12)22-18(25)13-3-6-15-16(9-13)27-11-21-15/h3,6,9,11-12,14H,1-2,4-5,7-8,10H2,(H,20,24)(H,22,25). The summed E-state index contributed by atoms with van der Waals surface area (Å²) in [6.07, 6.45) is 3.06. The van der Waals surface area contributed by atoms with Crippen LogP contribution in [0.1, 0.15) is 36.0 Å². The number of fused-ring (bicyclic) bond motifs is 1. The Labute approximate surface area is 161 Å². The highest BCUT2D eigenvalue weighted by Gasteiger charge is 2.31. The maximum Gasteiger partial charge on any atom is 0.251 e. The molecule has 4 rings (SSSR count). The topological polar surface area (TPSA) is 91.4 Å². The molecule has 142 valence electrons. The number of hydrogen-bond donors (Lipinski definition) is 2. The molecule has 1 saturated heterocycles. The fraction of sp³-hybridized carbons (Fsp3) is 0.474. The van der Waals surface area contributed by atoms with Gasteiger partial charge in [-0.25, -0.2) is 4.98 Å². The van der Waals surface area contributed by atoms with E-state index >= 15 is 0 Å². The van der Waals surface area contributed by atoms with Gasteiger partial charge in [0, 0.05) is 30.6 Å². The fourth-order valence-corrected chi connectivity index (χ4v) is 4.55. The van der Waals surface area contributed by atoms with E-state index in [1.165, 1.54) is 11.3 Å². The molecule has 7 nitrogen and oxygen atoms in total. The molecule has 0 bridgehead atoms. The van der Waals surface area contributed by atoms with Gasteiger partial charge in [-0.05, 0) is 43.9 Å². The van der Waals surface area contributed by atoms with E-state index in [1.807, 2.05) is 12.1 Å². The van der Waals surface area contributed by atoms with Crippen molar-refractivity contribution in [3.05, 3.63) is 29.3 Å². The minimum absolute atomic E-state index is 0.0439. The lowest BCUT2D eigenvalue weighted by molar-refractivity contribution is -0.142. The summed E-state index contributed by atoms with van der Waals surface area (Å²) in [6.45, 7) is 1.27. The van der Waals surface area contributed by atoms with Crippen molar-refractivity contribution in [2.45, 2.75) is 31.7 Å². The number of hydrogen-bond acceptors (Lipinski definition) is 5. The maximum absolute atomic E-state index is 12.6. The molecule has 1 aliphatic heterocycles. The lowest BCUT2D eigenvalue weighted by atomic mass is 9.85. The summed E-state index contributed by atoms with van der Waals surface area (Å²) >= 11 is 1.52. The highest BCUT2D eigenvalue weighted by Crippen LogP contribution is 2.27. The number of nitrogens with one attached hydrogen (secondary N) is 2. The van der Waals surface area contributed by atoms with Crippen molar-refractivity contribution in [3.63, 3.8) is 0 Å². The molecule has 2 heterocycles. The van der Waals surface area contributed by atoms with Crippen LogP contribution in [0.3, 0.4) is 0 Å². The molecule has 2 aliphatic rings. The summed E-state index contributed by atoms with van der Waals surface area (Å²) in [4.78, 5) is 42.5. The summed E-state index contributed by atoms with van der Waals surface area (Å²) in [6, 6.07) is 5.63.